The number of nitrogens with one attached hydrogen (secondary N) is 2. The number of aromatic nitrogens is 3. The highest BCUT2D eigenvalue weighted by Crippen LogP contribution is 2.39. The summed E-state index contributed by atoms with van der Waals surface area (Å²) in [4.78, 5) is 17.9. The summed E-state index contributed by atoms with van der Waals surface area (Å²) < 4.78 is 18.6. The molecule has 0 radical (unpaired) electrons. The number of methoxy groups -OCH3 is 2. The Morgan fingerprint density at radius 1 is 1.05 bits per heavy atom. The molecule has 1 aliphatic heterocycles. The molecule has 0 unspecified atom stereocenters. The lowest BCUT2D eigenvalue weighted by atomic mass is 9.94. The van der Waals surface area contributed by atoms with Gasteiger partial charge in [-0.15, -0.1) is 0 Å². The van der Waals surface area contributed by atoms with E-state index in [-0.39, 0.29) is 12.5 Å². The van der Waals surface area contributed by atoms with Gasteiger partial charge in [-0.25, -0.2) is 4.68 Å². The smallest absolute Gasteiger partial charge is 0.255 e. The molecular weight excluding hydrogens is 506 g/mol. The molecule has 10 heteroatoms. The Bertz CT molecular complexity index is 1500. The van der Waals surface area contributed by atoms with Crippen LogP contribution in [-0.2, 0) is 11.4 Å². The van der Waals surface area contributed by atoms with Gasteiger partial charge in [-0.05, 0) is 55.0 Å². The molecule has 0 spiro atoms. The van der Waals surface area contributed by atoms with Crippen LogP contribution in [0.3, 0.4) is 0 Å². The quantitative estimate of drug-likeness (QED) is 0.311. The largest absolute Gasteiger partial charge is 0.497 e. The monoisotopic (exact) mass is 531 g/mol. The van der Waals surface area contributed by atoms with Gasteiger partial charge in [-0.3, -0.25) is 4.79 Å². The summed E-state index contributed by atoms with van der Waals surface area (Å²) in [6.45, 7) is 2.12. The molecule has 5 rings (SSSR count). The molecule has 1 aliphatic rings. The van der Waals surface area contributed by atoms with Gasteiger partial charge < -0.3 is 24.8 Å². The first-order valence-corrected chi connectivity index (χ1v) is 12.2. The van der Waals surface area contributed by atoms with Crippen LogP contribution < -0.4 is 24.8 Å². The number of fused-ring (bicyclic) bond motifs is 1. The van der Waals surface area contributed by atoms with Crippen molar-refractivity contribution in [3.8, 4) is 17.2 Å². The Labute approximate surface area is 225 Å². The van der Waals surface area contributed by atoms with Crippen LogP contribution in [0, 0.1) is 0 Å². The average molecular weight is 532 g/mol. The van der Waals surface area contributed by atoms with E-state index in [1.807, 2.05) is 49.4 Å². The molecule has 3 aromatic carbocycles. The van der Waals surface area contributed by atoms with Crippen LogP contribution in [0.25, 0.3) is 0 Å². The van der Waals surface area contributed by atoms with Gasteiger partial charge in [-0.2, -0.15) is 10.1 Å². The SMILES string of the molecule is COc1ccc(NC(=O)C2=C(C)Nc3ncnn3[C@@H]2c2ccc(OCc3ccccc3Cl)c(OC)c2)cc1. The van der Waals surface area contributed by atoms with Crippen LogP contribution in [0.5, 0.6) is 17.2 Å². The second-order valence-electron chi connectivity index (χ2n) is 8.57. The van der Waals surface area contributed by atoms with Crippen molar-refractivity contribution >= 4 is 29.1 Å². The molecule has 38 heavy (non-hydrogen) atoms. The van der Waals surface area contributed by atoms with Crippen LogP contribution in [0.1, 0.15) is 24.1 Å². The first kappa shape index (κ1) is 25.2. The van der Waals surface area contributed by atoms with Gasteiger partial charge in [-0.1, -0.05) is 35.9 Å². The van der Waals surface area contributed by atoms with E-state index in [9.17, 15) is 4.79 Å². The van der Waals surface area contributed by atoms with Crippen LogP contribution in [0.15, 0.2) is 84.3 Å². The number of nitrogens with zero attached hydrogens (tertiary/aromatic N) is 3. The normalized spacial score (nSPS) is 14.4. The summed E-state index contributed by atoms with van der Waals surface area (Å²) in [5.41, 5.74) is 3.44. The third kappa shape index (κ3) is 5.01. The number of carbonyl (C=O) groups is 1. The molecule has 0 bridgehead atoms. The van der Waals surface area contributed by atoms with Crippen LogP contribution >= 0.6 is 11.6 Å². The molecule has 194 valence electrons. The van der Waals surface area contributed by atoms with Crippen molar-refractivity contribution < 1.29 is 19.0 Å². The fraction of sp³-hybridized carbons (Fsp3) is 0.179. The molecule has 1 amide bonds. The number of carbonyl (C=O) groups excluding carboxylic acids is 1. The minimum atomic E-state index is -0.557. The minimum Gasteiger partial charge on any atom is -0.497 e. The Morgan fingerprint density at radius 2 is 1.84 bits per heavy atom. The molecule has 9 nitrogen and oxygen atoms in total. The fourth-order valence-corrected chi connectivity index (χ4v) is 4.50. The van der Waals surface area contributed by atoms with Crippen molar-refractivity contribution in [2.45, 2.75) is 19.6 Å². The number of rotatable bonds is 8. The number of ether oxygens (including phenoxy) is 3. The van der Waals surface area contributed by atoms with Gasteiger partial charge in [0.25, 0.3) is 5.91 Å². The molecule has 2 heterocycles. The van der Waals surface area contributed by atoms with Gasteiger partial charge >= 0.3 is 0 Å². The van der Waals surface area contributed by atoms with Crippen LogP contribution in [0.4, 0.5) is 11.6 Å². The predicted octanol–water partition coefficient (Wildman–Crippen LogP) is 5.46. The second-order valence-corrected chi connectivity index (χ2v) is 8.97. The number of hydrogen-bond acceptors (Lipinski definition) is 7. The van der Waals surface area contributed by atoms with E-state index in [1.165, 1.54) is 6.33 Å². The number of amides is 1. The van der Waals surface area contributed by atoms with Crippen molar-refractivity contribution in [1.82, 2.24) is 14.8 Å². The van der Waals surface area contributed by atoms with Crippen LogP contribution in [0.2, 0.25) is 5.02 Å². The van der Waals surface area contributed by atoms with E-state index in [2.05, 4.69) is 20.7 Å². The lowest BCUT2D eigenvalue weighted by Gasteiger charge is -2.29. The highest BCUT2D eigenvalue weighted by Gasteiger charge is 2.34. The van der Waals surface area contributed by atoms with Gasteiger partial charge in [0.2, 0.25) is 5.95 Å². The maximum Gasteiger partial charge on any atom is 0.255 e. The summed E-state index contributed by atoms with van der Waals surface area (Å²) in [6, 6.07) is 19.6. The summed E-state index contributed by atoms with van der Waals surface area (Å²) in [7, 11) is 3.17. The van der Waals surface area contributed by atoms with E-state index in [1.54, 1.807) is 43.2 Å². The highest BCUT2D eigenvalue weighted by atomic mass is 35.5. The van der Waals surface area contributed by atoms with Crippen LogP contribution in [-0.4, -0.2) is 34.9 Å². The van der Waals surface area contributed by atoms with Crippen molar-refractivity contribution in [3.05, 3.63) is 100 Å². The van der Waals surface area contributed by atoms with Crippen molar-refractivity contribution in [1.29, 1.82) is 0 Å². The molecular formula is C28H26ClN5O4. The second kappa shape index (κ2) is 10.9. The predicted molar refractivity (Wildman–Crippen MR) is 145 cm³/mol. The van der Waals surface area contributed by atoms with Crippen molar-refractivity contribution in [3.63, 3.8) is 0 Å². The maximum absolute atomic E-state index is 13.6. The summed E-state index contributed by atoms with van der Waals surface area (Å²) in [6.07, 6.45) is 1.45. The lowest BCUT2D eigenvalue weighted by molar-refractivity contribution is -0.113. The zero-order valence-corrected chi connectivity index (χ0v) is 21.8. The Hall–Kier alpha value is -4.50. The number of allylic oxidation sites excluding steroid dienone is 1. The average Bonchev–Trinajstić information content (AvgIpc) is 3.40. The summed E-state index contributed by atoms with van der Waals surface area (Å²) in [5, 5.41) is 11.2. The van der Waals surface area contributed by atoms with Gasteiger partial charge in [0.1, 0.15) is 24.7 Å². The maximum atomic E-state index is 13.6. The first-order chi connectivity index (χ1) is 18.5. The highest BCUT2D eigenvalue weighted by molar-refractivity contribution is 6.31. The first-order valence-electron chi connectivity index (χ1n) is 11.9. The fourth-order valence-electron chi connectivity index (χ4n) is 4.31. The summed E-state index contributed by atoms with van der Waals surface area (Å²) >= 11 is 6.28. The number of benzene rings is 3. The lowest BCUT2D eigenvalue weighted by Crippen LogP contribution is -2.31. The van der Waals surface area contributed by atoms with Crippen molar-refractivity contribution in [2.24, 2.45) is 0 Å². The van der Waals surface area contributed by atoms with E-state index in [0.717, 1.165) is 11.1 Å². The molecule has 0 saturated carbocycles. The van der Waals surface area contributed by atoms with Gasteiger partial charge in [0.15, 0.2) is 11.5 Å². The zero-order valence-electron chi connectivity index (χ0n) is 21.1. The molecule has 4 aromatic rings. The molecule has 0 aliphatic carbocycles. The molecule has 1 aromatic heterocycles. The standard InChI is InChI=1S/C28H26ClN5O4/c1-17-25(27(35)33-20-9-11-21(36-2)12-10-20)26(34-28(32-17)30-16-31-34)18-8-13-23(24(14-18)37-3)38-15-19-6-4-5-7-22(19)29/h4-14,16,26H,15H2,1-3H3,(H,33,35)(H,30,31,32)/t26-/m1/s1. The topological polar surface area (TPSA) is 99.5 Å². The Balaban J connectivity index is 1.46. The Morgan fingerprint density at radius 3 is 2.58 bits per heavy atom. The molecule has 1 atom stereocenters. The number of hydrogen-bond donors (Lipinski definition) is 2. The summed E-state index contributed by atoms with van der Waals surface area (Å²) in [5.74, 6) is 2.03. The third-order valence-electron chi connectivity index (χ3n) is 6.23. The van der Waals surface area contributed by atoms with Crippen molar-refractivity contribution in [2.75, 3.05) is 24.9 Å². The van der Waals surface area contributed by atoms with E-state index in [0.29, 0.717) is 45.2 Å². The molecule has 2 N–H and O–H groups in total. The van der Waals surface area contributed by atoms with E-state index >= 15 is 0 Å². The van der Waals surface area contributed by atoms with E-state index < -0.39 is 6.04 Å². The number of halogens is 1. The van der Waals surface area contributed by atoms with Gasteiger partial charge in [0.05, 0.1) is 19.8 Å². The Kier molecular flexibility index (Phi) is 7.19. The molecule has 0 saturated heterocycles. The number of anilines is 2. The van der Waals surface area contributed by atoms with Gasteiger partial charge in [0, 0.05) is 22.0 Å². The zero-order chi connectivity index (χ0) is 26.6. The van der Waals surface area contributed by atoms with E-state index in [4.69, 9.17) is 25.8 Å². The minimum absolute atomic E-state index is 0.274. The molecule has 0 fully saturated rings. The third-order valence-corrected chi connectivity index (χ3v) is 6.60.